The standard InChI is InChI=1S/C17H26N2O2S/c1-13-10-14(6-7-18-13)17(20)19(11-15-4-2-8-21-15)12-16-5-3-9-22-16/h3,5,9,13-15,18H,2,4,6-8,10-12H2,1H3/t13-,14-,15?/m0/s1. The predicted molar refractivity (Wildman–Crippen MR) is 88.9 cm³/mol. The van der Waals surface area contributed by atoms with Gasteiger partial charge in [0.2, 0.25) is 5.91 Å². The summed E-state index contributed by atoms with van der Waals surface area (Å²) < 4.78 is 5.76. The summed E-state index contributed by atoms with van der Waals surface area (Å²) in [7, 11) is 0. The highest BCUT2D eigenvalue weighted by Crippen LogP contribution is 2.23. The lowest BCUT2D eigenvalue weighted by Crippen LogP contribution is -2.45. The second-order valence-electron chi connectivity index (χ2n) is 6.51. The van der Waals surface area contributed by atoms with Gasteiger partial charge in [0.1, 0.15) is 0 Å². The van der Waals surface area contributed by atoms with Gasteiger partial charge in [0, 0.05) is 30.0 Å². The third-order valence-electron chi connectivity index (χ3n) is 4.66. The summed E-state index contributed by atoms with van der Waals surface area (Å²) in [5, 5.41) is 5.51. The fraction of sp³-hybridized carbons (Fsp3) is 0.706. The molecule has 2 aliphatic heterocycles. The summed E-state index contributed by atoms with van der Waals surface area (Å²) in [6, 6.07) is 4.61. The predicted octanol–water partition coefficient (Wildman–Crippen LogP) is 2.64. The second-order valence-corrected chi connectivity index (χ2v) is 7.54. The van der Waals surface area contributed by atoms with Gasteiger partial charge in [-0.25, -0.2) is 0 Å². The lowest BCUT2D eigenvalue weighted by molar-refractivity contribution is -0.139. The van der Waals surface area contributed by atoms with E-state index < -0.39 is 0 Å². The molecule has 0 bridgehead atoms. The van der Waals surface area contributed by atoms with E-state index in [1.807, 2.05) is 4.90 Å². The van der Waals surface area contributed by atoms with Crippen molar-refractivity contribution in [3.63, 3.8) is 0 Å². The molecule has 3 rings (SSSR count). The number of rotatable bonds is 5. The lowest BCUT2D eigenvalue weighted by Gasteiger charge is -2.33. The van der Waals surface area contributed by atoms with Crippen LogP contribution in [-0.2, 0) is 16.1 Å². The first kappa shape index (κ1) is 16.0. The SMILES string of the molecule is C[C@H]1C[C@@H](C(=O)N(Cc2cccs2)CC2CCCO2)CCN1. The molecule has 1 aromatic heterocycles. The molecule has 1 N–H and O–H groups in total. The summed E-state index contributed by atoms with van der Waals surface area (Å²) in [5.74, 6) is 0.481. The minimum absolute atomic E-state index is 0.164. The summed E-state index contributed by atoms with van der Waals surface area (Å²) in [4.78, 5) is 16.3. The number of hydrogen-bond acceptors (Lipinski definition) is 4. The number of nitrogens with one attached hydrogen (secondary N) is 1. The fourth-order valence-corrected chi connectivity index (χ4v) is 4.19. The number of nitrogens with zero attached hydrogens (tertiary/aromatic N) is 1. The van der Waals surface area contributed by atoms with Crippen LogP contribution in [0.3, 0.4) is 0 Å². The van der Waals surface area contributed by atoms with Crippen LogP contribution in [0.1, 0.15) is 37.5 Å². The van der Waals surface area contributed by atoms with Crippen LogP contribution in [-0.4, -0.2) is 42.6 Å². The Labute approximate surface area is 136 Å². The smallest absolute Gasteiger partial charge is 0.226 e. The molecule has 0 radical (unpaired) electrons. The van der Waals surface area contributed by atoms with Crippen LogP contribution in [0.25, 0.3) is 0 Å². The highest BCUT2D eigenvalue weighted by atomic mass is 32.1. The molecule has 0 aromatic carbocycles. The monoisotopic (exact) mass is 322 g/mol. The molecule has 0 aliphatic carbocycles. The first-order valence-corrected chi connectivity index (χ1v) is 9.26. The van der Waals surface area contributed by atoms with Gasteiger partial charge in [-0.3, -0.25) is 4.79 Å². The number of amides is 1. The third-order valence-corrected chi connectivity index (χ3v) is 5.52. The van der Waals surface area contributed by atoms with Crippen molar-refractivity contribution in [2.75, 3.05) is 19.7 Å². The van der Waals surface area contributed by atoms with Crippen LogP contribution in [0.4, 0.5) is 0 Å². The zero-order valence-electron chi connectivity index (χ0n) is 13.3. The second kappa shape index (κ2) is 7.57. The van der Waals surface area contributed by atoms with Crippen LogP contribution in [0.5, 0.6) is 0 Å². The van der Waals surface area contributed by atoms with E-state index >= 15 is 0 Å². The Morgan fingerprint density at radius 1 is 1.50 bits per heavy atom. The van der Waals surface area contributed by atoms with Crippen molar-refractivity contribution >= 4 is 17.2 Å². The number of piperidine rings is 1. The lowest BCUT2D eigenvalue weighted by atomic mass is 9.92. The van der Waals surface area contributed by atoms with Crippen LogP contribution >= 0.6 is 11.3 Å². The molecule has 2 aliphatic rings. The van der Waals surface area contributed by atoms with E-state index in [2.05, 4.69) is 29.8 Å². The molecule has 4 nitrogen and oxygen atoms in total. The average molecular weight is 322 g/mol. The number of hydrogen-bond donors (Lipinski definition) is 1. The van der Waals surface area contributed by atoms with Gasteiger partial charge >= 0.3 is 0 Å². The molecular formula is C17H26N2O2S. The minimum atomic E-state index is 0.164. The number of carbonyl (C=O) groups excluding carboxylic acids is 1. The van der Waals surface area contributed by atoms with Crippen LogP contribution < -0.4 is 5.32 Å². The molecule has 2 saturated heterocycles. The van der Waals surface area contributed by atoms with Crippen molar-refractivity contribution in [2.45, 2.75) is 51.3 Å². The molecule has 3 atom stereocenters. The van der Waals surface area contributed by atoms with Crippen molar-refractivity contribution in [1.82, 2.24) is 10.2 Å². The van der Waals surface area contributed by atoms with Crippen molar-refractivity contribution < 1.29 is 9.53 Å². The molecule has 2 fully saturated rings. The maximum Gasteiger partial charge on any atom is 0.226 e. The molecular weight excluding hydrogens is 296 g/mol. The molecule has 1 amide bonds. The van der Waals surface area contributed by atoms with E-state index in [0.29, 0.717) is 11.9 Å². The Kier molecular flexibility index (Phi) is 5.50. The Bertz CT molecular complexity index is 471. The van der Waals surface area contributed by atoms with Gasteiger partial charge in [-0.2, -0.15) is 0 Å². The topological polar surface area (TPSA) is 41.6 Å². The average Bonchev–Trinajstić information content (AvgIpc) is 3.19. The molecule has 22 heavy (non-hydrogen) atoms. The Morgan fingerprint density at radius 2 is 2.41 bits per heavy atom. The quantitative estimate of drug-likeness (QED) is 0.906. The van der Waals surface area contributed by atoms with Gasteiger partial charge in [0.15, 0.2) is 0 Å². The molecule has 0 saturated carbocycles. The molecule has 5 heteroatoms. The molecule has 122 valence electrons. The highest BCUT2D eigenvalue weighted by Gasteiger charge is 2.30. The van der Waals surface area contributed by atoms with Gasteiger partial charge in [-0.15, -0.1) is 11.3 Å². The van der Waals surface area contributed by atoms with E-state index in [-0.39, 0.29) is 12.0 Å². The van der Waals surface area contributed by atoms with E-state index in [9.17, 15) is 4.79 Å². The number of carbonyl (C=O) groups is 1. The Balaban J connectivity index is 1.66. The van der Waals surface area contributed by atoms with E-state index in [4.69, 9.17) is 4.74 Å². The maximum atomic E-state index is 13.0. The van der Waals surface area contributed by atoms with Gasteiger partial charge in [0.05, 0.1) is 12.6 Å². The van der Waals surface area contributed by atoms with Crippen molar-refractivity contribution in [1.29, 1.82) is 0 Å². The van der Waals surface area contributed by atoms with E-state index in [1.165, 1.54) is 4.88 Å². The van der Waals surface area contributed by atoms with E-state index in [0.717, 1.165) is 51.9 Å². The van der Waals surface area contributed by atoms with Crippen LogP contribution in [0, 0.1) is 5.92 Å². The summed E-state index contributed by atoms with van der Waals surface area (Å²) in [5.41, 5.74) is 0. The van der Waals surface area contributed by atoms with Crippen LogP contribution in [0.15, 0.2) is 17.5 Å². The summed E-state index contributed by atoms with van der Waals surface area (Å²) >= 11 is 1.73. The summed E-state index contributed by atoms with van der Waals surface area (Å²) in [6.07, 6.45) is 4.33. The van der Waals surface area contributed by atoms with Crippen molar-refractivity contribution in [3.05, 3.63) is 22.4 Å². The molecule has 3 heterocycles. The zero-order valence-corrected chi connectivity index (χ0v) is 14.1. The van der Waals surface area contributed by atoms with Gasteiger partial charge in [-0.1, -0.05) is 6.07 Å². The first-order chi connectivity index (χ1) is 10.7. The summed E-state index contributed by atoms with van der Waals surface area (Å²) in [6.45, 7) is 5.44. The largest absolute Gasteiger partial charge is 0.376 e. The molecule has 1 aromatic rings. The van der Waals surface area contributed by atoms with Crippen molar-refractivity contribution in [3.8, 4) is 0 Å². The fourth-order valence-electron chi connectivity index (χ4n) is 3.47. The molecule has 0 spiro atoms. The first-order valence-electron chi connectivity index (χ1n) is 8.38. The third kappa shape index (κ3) is 4.09. The zero-order chi connectivity index (χ0) is 15.4. The van der Waals surface area contributed by atoms with Gasteiger partial charge < -0.3 is 15.0 Å². The van der Waals surface area contributed by atoms with Gasteiger partial charge in [0.25, 0.3) is 0 Å². The highest BCUT2D eigenvalue weighted by molar-refractivity contribution is 7.09. The van der Waals surface area contributed by atoms with Crippen molar-refractivity contribution in [2.24, 2.45) is 5.92 Å². The van der Waals surface area contributed by atoms with Gasteiger partial charge in [-0.05, 0) is 50.6 Å². The number of ether oxygens (including phenoxy) is 1. The number of thiophene rings is 1. The van der Waals surface area contributed by atoms with Crippen LogP contribution in [0.2, 0.25) is 0 Å². The Hall–Kier alpha value is -0.910. The maximum absolute atomic E-state index is 13.0. The normalized spacial score (nSPS) is 28.7. The Morgan fingerprint density at radius 3 is 3.09 bits per heavy atom. The minimum Gasteiger partial charge on any atom is -0.376 e. The molecule has 1 unspecified atom stereocenters. The van der Waals surface area contributed by atoms with E-state index in [1.54, 1.807) is 11.3 Å².